The van der Waals surface area contributed by atoms with Gasteiger partial charge in [-0.15, -0.1) is 0 Å². The zero-order valence-corrected chi connectivity index (χ0v) is 18.4. The molecule has 1 unspecified atom stereocenters. The number of dihydropyridines is 1. The normalized spacial score (nSPS) is 17.0. The van der Waals surface area contributed by atoms with Gasteiger partial charge < -0.3 is 11.1 Å². The molecule has 9 nitrogen and oxygen atoms in total. The molecule has 0 aromatic carbocycles. The fraction of sp³-hybridized carbons (Fsp3) is 0.450. The van der Waals surface area contributed by atoms with E-state index >= 15 is 0 Å². The Labute approximate surface area is 176 Å². The average molecular weight is 436 g/mol. The molecule has 1 aromatic rings. The molecule has 1 amide bonds. The smallest absolute Gasteiger partial charge is 0.279 e. The Morgan fingerprint density at radius 3 is 2.67 bits per heavy atom. The Hall–Kier alpha value is -2.88. The van der Waals surface area contributed by atoms with E-state index in [1.807, 2.05) is 13.8 Å². The fourth-order valence-corrected chi connectivity index (χ4v) is 4.42. The Kier molecular flexibility index (Phi) is 7.60. The molecule has 1 aliphatic heterocycles. The summed E-state index contributed by atoms with van der Waals surface area (Å²) in [4.78, 5) is 28.4. The molecule has 0 bridgehead atoms. The number of aliphatic imine (C=N–C) groups is 1. The lowest BCUT2D eigenvalue weighted by Gasteiger charge is -2.27. The number of hydrogen-bond donors (Lipinski definition) is 3. The number of sulfonamides is 1. The molecule has 1 aromatic heterocycles. The summed E-state index contributed by atoms with van der Waals surface area (Å²) in [6, 6.07) is 2.74. The number of aromatic nitrogens is 1. The monoisotopic (exact) mass is 435 g/mol. The van der Waals surface area contributed by atoms with Gasteiger partial charge in [0.1, 0.15) is 11.5 Å². The van der Waals surface area contributed by atoms with Gasteiger partial charge >= 0.3 is 0 Å². The van der Waals surface area contributed by atoms with Gasteiger partial charge in [-0.2, -0.15) is 0 Å². The van der Waals surface area contributed by atoms with E-state index in [0.717, 1.165) is 12.8 Å². The minimum absolute atomic E-state index is 0.0662. The number of carbonyl (C=O) groups is 1. The summed E-state index contributed by atoms with van der Waals surface area (Å²) < 4.78 is 28.5. The molecule has 1 atom stereocenters. The van der Waals surface area contributed by atoms with Crippen molar-refractivity contribution in [2.24, 2.45) is 10.7 Å². The van der Waals surface area contributed by atoms with Crippen molar-refractivity contribution >= 4 is 33.7 Å². The molecule has 0 saturated heterocycles. The maximum absolute atomic E-state index is 13.2. The van der Waals surface area contributed by atoms with Crippen molar-refractivity contribution in [3.05, 3.63) is 45.9 Å². The van der Waals surface area contributed by atoms with E-state index < -0.39 is 15.6 Å². The van der Waals surface area contributed by atoms with Crippen LogP contribution in [-0.4, -0.2) is 43.6 Å². The third kappa shape index (κ3) is 5.18. The van der Waals surface area contributed by atoms with E-state index in [4.69, 9.17) is 5.73 Å². The Balaban J connectivity index is 2.58. The molecule has 10 heteroatoms. The number of anilines is 1. The molecule has 1 aliphatic rings. The molecule has 0 fully saturated rings. The van der Waals surface area contributed by atoms with Crippen molar-refractivity contribution in [3.63, 3.8) is 0 Å². The van der Waals surface area contributed by atoms with Crippen LogP contribution in [0.15, 0.2) is 39.6 Å². The lowest BCUT2D eigenvalue weighted by Crippen LogP contribution is -2.37. The first-order chi connectivity index (χ1) is 14.1. The summed E-state index contributed by atoms with van der Waals surface area (Å²) >= 11 is 0. The van der Waals surface area contributed by atoms with Gasteiger partial charge in [-0.25, -0.2) is 8.42 Å². The van der Waals surface area contributed by atoms with Crippen LogP contribution in [-0.2, 0) is 14.8 Å². The van der Waals surface area contributed by atoms with Crippen LogP contribution in [0.1, 0.15) is 38.8 Å². The standard InChI is InChI=1S/C20H29N5O4S/c1-5-6-7-10-30(28,29)24-17-9-8-13(2)25(20(17)27)18-16(11-22-12-26)14(3)15(4)23-19(18)21/h8-9,12,15,24H,3,5-7,10-11H2,1-2,4H3,(H2,21,23)(H,22,26). The van der Waals surface area contributed by atoms with Crippen molar-refractivity contribution in [1.29, 1.82) is 0 Å². The van der Waals surface area contributed by atoms with Crippen molar-refractivity contribution < 1.29 is 13.2 Å². The molecule has 0 spiro atoms. The Bertz CT molecular complexity index is 1050. The summed E-state index contributed by atoms with van der Waals surface area (Å²) in [7, 11) is -3.67. The average Bonchev–Trinajstić information content (AvgIpc) is 2.67. The third-order valence-corrected chi connectivity index (χ3v) is 6.26. The van der Waals surface area contributed by atoms with Crippen molar-refractivity contribution in [2.45, 2.75) is 46.1 Å². The van der Waals surface area contributed by atoms with Crippen LogP contribution in [0.25, 0.3) is 5.70 Å². The highest BCUT2D eigenvalue weighted by atomic mass is 32.2. The predicted molar refractivity (Wildman–Crippen MR) is 120 cm³/mol. The van der Waals surface area contributed by atoms with E-state index in [0.29, 0.717) is 35.4 Å². The van der Waals surface area contributed by atoms with E-state index in [1.54, 1.807) is 13.0 Å². The van der Waals surface area contributed by atoms with Crippen LogP contribution in [0.3, 0.4) is 0 Å². The summed E-state index contributed by atoms with van der Waals surface area (Å²) in [5.74, 6) is 0.0502. The number of aryl methyl sites for hydroxylation is 1. The number of rotatable bonds is 10. The van der Waals surface area contributed by atoms with Gasteiger partial charge in [-0.3, -0.25) is 23.9 Å². The lowest BCUT2D eigenvalue weighted by molar-refractivity contribution is -0.109. The number of nitrogens with two attached hydrogens (primary N) is 1. The SMILES string of the molecule is C=C1C(CNC=O)=C(n2c(C)ccc(NS(=O)(=O)CCCCC)c2=O)C(N)=NC1C. The summed E-state index contributed by atoms with van der Waals surface area (Å²) in [5.41, 5.74) is 7.51. The van der Waals surface area contributed by atoms with Gasteiger partial charge in [0, 0.05) is 17.8 Å². The van der Waals surface area contributed by atoms with Crippen LogP contribution in [0.5, 0.6) is 0 Å². The number of amides is 1. The molecule has 30 heavy (non-hydrogen) atoms. The number of pyridine rings is 1. The van der Waals surface area contributed by atoms with Crippen LogP contribution in [0.4, 0.5) is 5.69 Å². The zero-order chi connectivity index (χ0) is 22.5. The molecule has 2 rings (SSSR count). The second-order valence-electron chi connectivity index (χ2n) is 7.20. The van der Waals surface area contributed by atoms with Crippen LogP contribution >= 0.6 is 0 Å². The summed E-state index contributed by atoms with van der Waals surface area (Å²) in [6.07, 6.45) is 2.72. The van der Waals surface area contributed by atoms with E-state index in [9.17, 15) is 18.0 Å². The number of amidine groups is 1. The topological polar surface area (TPSA) is 136 Å². The first-order valence-electron chi connectivity index (χ1n) is 9.79. The van der Waals surface area contributed by atoms with Gasteiger partial charge in [-0.1, -0.05) is 26.3 Å². The third-order valence-electron chi connectivity index (χ3n) is 4.90. The Morgan fingerprint density at radius 1 is 1.33 bits per heavy atom. The highest BCUT2D eigenvalue weighted by Crippen LogP contribution is 2.27. The van der Waals surface area contributed by atoms with Gasteiger partial charge in [0.25, 0.3) is 5.56 Å². The van der Waals surface area contributed by atoms with Gasteiger partial charge in [0.05, 0.1) is 17.5 Å². The minimum atomic E-state index is -3.67. The maximum atomic E-state index is 13.2. The van der Waals surface area contributed by atoms with Crippen LogP contribution in [0, 0.1) is 6.92 Å². The number of nitrogens with zero attached hydrogens (tertiary/aromatic N) is 2. The molecule has 0 radical (unpaired) electrons. The predicted octanol–water partition coefficient (Wildman–Crippen LogP) is 1.36. The Morgan fingerprint density at radius 2 is 2.03 bits per heavy atom. The second-order valence-corrected chi connectivity index (χ2v) is 9.04. The van der Waals surface area contributed by atoms with Crippen LogP contribution < -0.4 is 21.3 Å². The second kappa shape index (κ2) is 9.75. The number of hydrogen-bond acceptors (Lipinski definition) is 6. The molecule has 4 N–H and O–H groups in total. The highest BCUT2D eigenvalue weighted by Gasteiger charge is 2.27. The zero-order valence-electron chi connectivity index (χ0n) is 17.6. The molecule has 164 valence electrons. The van der Waals surface area contributed by atoms with E-state index in [-0.39, 0.29) is 29.9 Å². The van der Waals surface area contributed by atoms with Crippen molar-refractivity contribution in [2.75, 3.05) is 17.0 Å². The molecule has 0 aliphatic carbocycles. The largest absolute Gasteiger partial charge is 0.382 e. The van der Waals surface area contributed by atoms with Crippen molar-refractivity contribution in [3.8, 4) is 0 Å². The van der Waals surface area contributed by atoms with Gasteiger partial charge in [-0.05, 0) is 38.0 Å². The van der Waals surface area contributed by atoms with Gasteiger partial charge in [0.2, 0.25) is 16.4 Å². The summed E-state index contributed by atoms with van der Waals surface area (Å²) in [5, 5.41) is 2.57. The quantitative estimate of drug-likeness (QED) is 0.377. The lowest BCUT2D eigenvalue weighted by atomic mass is 9.95. The first-order valence-corrected chi connectivity index (χ1v) is 11.4. The summed E-state index contributed by atoms with van der Waals surface area (Å²) in [6.45, 7) is 9.62. The fourth-order valence-electron chi connectivity index (χ4n) is 3.24. The highest BCUT2D eigenvalue weighted by molar-refractivity contribution is 7.92. The number of unbranched alkanes of at least 4 members (excludes halogenated alkanes) is 2. The van der Waals surface area contributed by atoms with Crippen molar-refractivity contribution in [1.82, 2.24) is 9.88 Å². The number of carbonyl (C=O) groups excluding carboxylic acids is 1. The molecular weight excluding hydrogens is 406 g/mol. The molecular formula is C20H29N5O4S. The minimum Gasteiger partial charge on any atom is -0.382 e. The van der Waals surface area contributed by atoms with Gasteiger partial charge in [0.15, 0.2) is 0 Å². The maximum Gasteiger partial charge on any atom is 0.279 e. The van der Waals surface area contributed by atoms with E-state index in [1.165, 1.54) is 10.6 Å². The first kappa shape index (κ1) is 23.4. The molecule has 0 saturated carbocycles. The van der Waals surface area contributed by atoms with E-state index in [2.05, 4.69) is 21.6 Å². The van der Waals surface area contributed by atoms with Crippen LogP contribution in [0.2, 0.25) is 0 Å². The number of nitrogens with one attached hydrogen (secondary N) is 2. The molecule has 2 heterocycles.